The lowest BCUT2D eigenvalue weighted by molar-refractivity contribution is 0.0860. The molecule has 178 valence electrons. The third-order valence-electron chi connectivity index (χ3n) is 6.30. The number of hydrogen-bond donors (Lipinski definition) is 2. The molecule has 2 unspecified atom stereocenters. The van der Waals surface area contributed by atoms with E-state index in [1.54, 1.807) is 5.38 Å². The van der Waals surface area contributed by atoms with Crippen molar-refractivity contribution in [3.05, 3.63) is 94.4 Å². The van der Waals surface area contributed by atoms with Gasteiger partial charge in [0, 0.05) is 23.0 Å². The van der Waals surface area contributed by atoms with Crippen LogP contribution in [0.2, 0.25) is 0 Å². The molecule has 1 fully saturated rings. The summed E-state index contributed by atoms with van der Waals surface area (Å²) in [5.41, 5.74) is 1.01. The summed E-state index contributed by atoms with van der Waals surface area (Å²) in [4.78, 5) is 30.4. The molecule has 1 saturated carbocycles. The van der Waals surface area contributed by atoms with Crippen molar-refractivity contribution in [2.75, 3.05) is 0 Å². The molecule has 0 bridgehead atoms. The van der Waals surface area contributed by atoms with Gasteiger partial charge in [0.25, 0.3) is 11.8 Å². The van der Waals surface area contributed by atoms with Crippen LogP contribution in [-0.2, 0) is 6.61 Å². The lowest BCUT2D eigenvalue weighted by Crippen LogP contribution is -2.53. The molecule has 6 nitrogen and oxygen atoms in total. The van der Waals surface area contributed by atoms with E-state index in [0.29, 0.717) is 17.9 Å². The van der Waals surface area contributed by atoms with E-state index < -0.39 is 0 Å². The first kappa shape index (κ1) is 23.1. The number of para-hydroxylation sites is 1. The number of benzene rings is 3. The number of carbonyl (C=O) groups excluding carboxylic acids is 2. The zero-order chi connectivity index (χ0) is 24.0. The molecular weight excluding hydrogens is 458 g/mol. The second-order valence-electron chi connectivity index (χ2n) is 8.73. The monoisotopic (exact) mass is 485 g/mol. The second kappa shape index (κ2) is 10.7. The van der Waals surface area contributed by atoms with Crippen molar-refractivity contribution in [3.8, 4) is 5.75 Å². The highest BCUT2D eigenvalue weighted by molar-refractivity contribution is 7.09. The van der Waals surface area contributed by atoms with Gasteiger partial charge in [0.05, 0.1) is 0 Å². The first-order chi connectivity index (χ1) is 17.2. The van der Waals surface area contributed by atoms with Crippen LogP contribution in [0.3, 0.4) is 0 Å². The zero-order valence-corrected chi connectivity index (χ0v) is 20.1. The van der Waals surface area contributed by atoms with Gasteiger partial charge in [-0.25, -0.2) is 4.98 Å². The Morgan fingerprint density at radius 1 is 0.857 bits per heavy atom. The van der Waals surface area contributed by atoms with Crippen molar-refractivity contribution in [1.82, 2.24) is 15.6 Å². The normalized spacial score (nSPS) is 17.6. The molecule has 7 heteroatoms. The van der Waals surface area contributed by atoms with Gasteiger partial charge in [-0.15, -0.1) is 11.3 Å². The van der Waals surface area contributed by atoms with Crippen LogP contribution in [0, 0.1) is 0 Å². The molecule has 5 rings (SSSR count). The van der Waals surface area contributed by atoms with Gasteiger partial charge in [-0.2, -0.15) is 0 Å². The maximum Gasteiger partial charge on any atom is 0.271 e. The number of hydrogen-bond acceptors (Lipinski definition) is 5. The van der Waals surface area contributed by atoms with E-state index in [1.807, 2.05) is 72.8 Å². The molecule has 0 spiro atoms. The van der Waals surface area contributed by atoms with E-state index in [2.05, 4.69) is 15.6 Å². The zero-order valence-electron chi connectivity index (χ0n) is 19.3. The Morgan fingerprint density at radius 2 is 1.54 bits per heavy atom. The van der Waals surface area contributed by atoms with Gasteiger partial charge in [0.2, 0.25) is 0 Å². The van der Waals surface area contributed by atoms with Crippen LogP contribution in [0.4, 0.5) is 0 Å². The third kappa shape index (κ3) is 5.69. The molecule has 0 radical (unpaired) electrons. The van der Waals surface area contributed by atoms with Crippen LogP contribution in [0.5, 0.6) is 5.75 Å². The van der Waals surface area contributed by atoms with E-state index in [4.69, 9.17) is 4.74 Å². The lowest BCUT2D eigenvalue weighted by Gasteiger charge is -2.32. The molecule has 1 aliphatic carbocycles. The highest BCUT2D eigenvalue weighted by atomic mass is 32.1. The first-order valence-corrected chi connectivity index (χ1v) is 12.8. The predicted molar refractivity (Wildman–Crippen MR) is 138 cm³/mol. The standard InChI is InChI=1S/C28H27N3O3S/c32-27(21-15-14-19-8-4-5-9-20(19)16-21)30-23-12-6-7-13-24(23)31-28(33)25-18-35-26(29-25)17-34-22-10-2-1-3-11-22/h1-5,8-11,14-16,18,23-24H,6-7,12-13,17H2,(H,30,32)(H,31,33). The summed E-state index contributed by atoms with van der Waals surface area (Å²) in [6.45, 7) is 0.315. The number of nitrogens with zero attached hydrogens (tertiary/aromatic N) is 1. The van der Waals surface area contributed by atoms with Crippen molar-refractivity contribution >= 4 is 33.9 Å². The average molecular weight is 486 g/mol. The fourth-order valence-corrected chi connectivity index (χ4v) is 5.13. The SMILES string of the molecule is O=C(NC1CCCCC1NC(=O)c1csc(COc2ccccc2)n1)c1ccc2ccccc2c1. The Kier molecular flexibility index (Phi) is 7.04. The van der Waals surface area contributed by atoms with Gasteiger partial charge < -0.3 is 15.4 Å². The fourth-order valence-electron chi connectivity index (χ4n) is 4.44. The van der Waals surface area contributed by atoms with Gasteiger partial charge >= 0.3 is 0 Å². The number of ether oxygens (including phenoxy) is 1. The van der Waals surface area contributed by atoms with E-state index in [1.165, 1.54) is 11.3 Å². The summed E-state index contributed by atoms with van der Waals surface area (Å²) >= 11 is 1.40. The van der Waals surface area contributed by atoms with E-state index in [0.717, 1.165) is 47.2 Å². The number of amides is 2. The number of fused-ring (bicyclic) bond motifs is 1. The Hall–Kier alpha value is -3.71. The topological polar surface area (TPSA) is 80.3 Å². The highest BCUT2D eigenvalue weighted by Crippen LogP contribution is 2.22. The van der Waals surface area contributed by atoms with Gasteiger partial charge in [0.15, 0.2) is 0 Å². The maximum absolute atomic E-state index is 13.0. The Bertz CT molecular complexity index is 1320. The van der Waals surface area contributed by atoms with Gasteiger partial charge in [-0.1, -0.05) is 61.4 Å². The minimum atomic E-state index is -0.218. The Balaban J connectivity index is 1.20. The quantitative estimate of drug-likeness (QED) is 0.370. The summed E-state index contributed by atoms with van der Waals surface area (Å²) in [7, 11) is 0. The van der Waals surface area contributed by atoms with Gasteiger partial charge in [-0.3, -0.25) is 9.59 Å². The highest BCUT2D eigenvalue weighted by Gasteiger charge is 2.29. The van der Waals surface area contributed by atoms with Crippen LogP contribution < -0.4 is 15.4 Å². The van der Waals surface area contributed by atoms with E-state index in [-0.39, 0.29) is 23.9 Å². The molecule has 2 amide bonds. The number of carbonyl (C=O) groups is 2. The van der Waals surface area contributed by atoms with Crippen molar-refractivity contribution in [2.45, 2.75) is 44.4 Å². The van der Waals surface area contributed by atoms with Crippen molar-refractivity contribution in [2.24, 2.45) is 0 Å². The van der Waals surface area contributed by atoms with Crippen molar-refractivity contribution in [3.63, 3.8) is 0 Å². The molecule has 3 aromatic carbocycles. The third-order valence-corrected chi connectivity index (χ3v) is 7.12. The van der Waals surface area contributed by atoms with Crippen LogP contribution in [0.15, 0.2) is 78.2 Å². The molecule has 1 aromatic heterocycles. The summed E-state index contributed by atoms with van der Waals surface area (Å²) in [5, 5.41) is 10.9. The van der Waals surface area contributed by atoms with Crippen LogP contribution in [-0.4, -0.2) is 28.9 Å². The van der Waals surface area contributed by atoms with Crippen LogP contribution >= 0.6 is 11.3 Å². The molecule has 35 heavy (non-hydrogen) atoms. The minimum absolute atomic E-state index is 0.115. The second-order valence-corrected chi connectivity index (χ2v) is 9.68. The summed E-state index contributed by atoms with van der Waals surface area (Å²) in [6, 6.07) is 23.0. The van der Waals surface area contributed by atoms with E-state index in [9.17, 15) is 9.59 Å². The molecule has 1 aliphatic rings. The molecule has 0 aliphatic heterocycles. The fraction of sp³-hybridized carbons (Fsp3) is 0.250. The number of aromatic nitrogens is 1. The average Bonchev–Trinajstić information content (AvgIpc) is 3.38. The predicted octanol–water partition coefficient (Wildman–Crippen LogP) is 5.35. The van der Waals surface area contributed by atoms with Crippen molar-refractivity contribution in [1.29, 1.82) is 0 Å². The number of nitrogens with one attached hydrogen (secondary N) is 2. The molecule has 4 aromatic rings. The smallest absolute Gasteiger partial charge is 0.271 e. The largest absolute Gasteiger partial charge is 0.486 e. The molecular formula is C28H27N3O3S. The minimum Gasteiger partial charge on any atom is -0.486 e. The van der Waals surface area contributed by atoms with Gasteiger partial charge in [-0.05, 0) is 47.9 Å². The van der Waals surface area contributed by atoms with Crippen LogP contribution in [0.1, 0.15) is 51.5 Å². The molecule has 0 saturated heterocycles. The van der Waals surface area contributed by atoms with Gasteiger partial charge in [0.1, 0.15) is 23.1 Å². The summed E-state index contributed by atoms with van der Waals surface area (Å²) in [6.07, 6.45) is 3.69. The number of thiazole rings is 1. The maximum atomic E-state index is 13.0. The van der Waals surface area contributed by atoms with Crippen molar-refractivity contribution < 1.29 is 14.3 Å². The lowest BCUT2D eigenvalue weighted by atomic mass is 9.90. The molecule has 1 heterocycles. The van der Waals surface area contributed by atoms with E-state index >= 15 is 0 Å². The summed E-state index contributed by atoms with van der Waals surface area (Å²) in [5.74, 6) is 0.431. The first-order valence-electron chi connectivity index (χ1n) is 11.9. The summed E-state index contributed by atoms with van der Waals surface area (Å²) < 4.78 is 5.73. The molecule has 2 N–H and O–H groups in total. The number of rotatable bonds is 7. The molecule has 2 atom stereocenters. The Morgan fingerprint density at radius 3 is 2.31 bits per heavy atom. The Labute approximate surface area is 208 Å². The van der Waals surface area contributed by atoms with Crippen LogP contribution in [0.25, 0.3) is 10.8 Å².